The second-order valence-corrected chi connectivity index (χ2v) is 5.64. The molecule has 2 rings (SSSR count). The summed E-state index contributed by atoms with van der Waals surface area (Å²) in [4.78, 5) is 9.21. The Morgan fingerprint density at radius 2 is 2.21 bits per heavy atom. The summed E-state index contributed by atoms with van der Waals surface area (Å²) < 4.78 is 0. The zero-order chi connectivity index (χ0) is 13.8. The first-order valence-electron chi connectivity index (χ1n) is 7.16. The van der Waals surface area contributed by atoms with Crippen molar-refractivity contribution in [2.75, 3.05) is 32.1 Å². The fourth-order valence-electron chi connectivity index (χ4n) is 2.60. The fourth-order valence-corrected chi connectivity index (χ4v) is 2.60. The van der Waals surface area contributed by atoms with Gasteiger partial charge in [-0.3, -0.25) is 4.98 Å². The first-order chi connectivity index (χ1) is 9.10. The smallest absolute Gasteiger partial charge is 0.0779 e. The molecule has 0 spiro atoms. The molecule has 0 aliphatic carbocycles. The topological polar surface area (TPSA) is 39.6 Å². The van der Waals surface area contributed by atoms with E-state index in [1.54, 1.807) is 0 Å². The van der Waals surface area contributed by atoms with Gasteiger partial charge in [-0.05, 0) is 39.1 Å². The number of hydrogen-bond acceptors (Lipinski definition) is 4. The zero-order valence-corrected chi connectivity index (χ0v) is 12.3. The Kier molecular flexibility index (Phi) is 4.77. The minimum Gasteiger partial charge on any atom is -0.391 e. The monoisotopic (exact) mass is 263 g/mol. The molecule has 19 heavy (non-hydrogen) atoms. The maximum Gasteiger partial charge on any atom is 0.0779 e. The van der Waals surface area contributed by atoms with Gasteiger partial charge < -0.3 is 14.9 Å². The number of β-amino-alcohol motifs (C(OH)–C–C–N with tert-alkyl or cyclic N) is 1. The van der Waals surface area contributed by atoms with Gasteiger partial charge in [-0.1, -0.05) is 13.3 Å². The summed E-state index contributed by atoms with van der Waals surface area (Å²) in [5.74, 6) is 0. The number of hydrogen-bond donors (Lipinski definition) is 1. The summed E-state index contributed by atoms with van der Waals surface area (Å²) in [5, 5.41) is 9.70. The van der Waals surface area contributed by atoms with E-state index in [1.807, 2.05) is 0 Å². The largest absolute Gasteiger partial charge is 0.391 e. The van der Waals surface area contributed by atoms with E-state index in [9.17, 15) is 5.11 Å². The SMILES string of the molecule is CCCc1ccc(N2CCC(O)C2)c(CN(C)C)n1. The van der Waals surface area contributed by atoms with Crippen molar-refractivity contribution < 1.29 is 5.11 Å². The molecule has 0 aromatic carbocycles. The van der Waals surface area contributed by atoms with Gasteiger partial charge in [0.2, 0.25) is 0 Å². The van der Waals surface area contributed by atoms with Crippen LogP contribution in [0.2, 0.25) is 0 Å². The van der Waals surface area contributed by atoms with Gasteiger partial charge in [-0.15, -0.1) is 0 Å². The van der Waals surface area contributed by atoms with Crippen LogP contribution in [0.5, 0.6) is 0 Å². The van der Waals surface area contributed by atoms with Crippen molar-refractivity contribution in [3.05, 3.63) is 23.5 Å². The molecule has 1 N–H and O–H groups in total. The highest BCUT2D eigenvalue weighted by Crippen LogP contribution is 2.25. The van der Waals surface area contributed by atoms with Crippen LogP contribution in [0.15, 0.2) is 12.1 Å². The Morgan fingerprint density at radius 1 is 1.42 bits per heavy atom. The van der Waals surface area contributed by atoms with Gasteiger partial charge in [-0.2, -0.15) is 0 Å². The third-order valence-electron chi connectivity index (χ3n) is 3.48. The van der Waals surface area contributed by atoms with E-state index in [0.717, 1.165) is 44.6 Å². The summed E-state index contributed by atoms with van der Waals surface area (Å²) in [6.45, 7) is 4.68. The molecule has 1 aromatic rings. The molecule has 0 saturated carbocycles. The van der Waals surface area contributed by atoms with E-state index in [2.05, 4.69) is 43.0 Å². The first kappa shape index (κ1) is 14.3. The Labute approximate surface area is 116 Å². The normalized spacial score (nSPS) is 19.4. The molecule has 1 fully saturated rings. The van der Waals surface area contributed by atoms with Gasteiger partial charge in [0.25, 0.3) is 0 Å². The Morgan fingerprint density at radius 3 is 2.79 bits per heavy atom. The second-order valence-electron chi connectivity index (χ2n) is 5.64. The summed E-state index contributed by atoms with van der Waals surface area (Å²) in [5.41, 5.74) is 3.48. The molecule has 1 aliphatic heterocycles. The zero-order valence-electron chi connectivity index (χ0n) is 12.3. The molecule has 1 unspecified atom stereocenters. The molecule has 106 valence electrons. The van der Waals surface area contributed by atoms with Crippen LogP contribution >= 0.6 is 0 Å². The summed E-state index contributed by atoms with van der Waals surface area (Å²) in [6, 6.07) is 4.30. The Hall–Kier alpha value is -1.13. The van der Waals surface area contributed by atoms with Crippen molar-refractivity contribution in [2.24, 2.45) is 0 Å². The summed E-state index contributed by atoms with van der Waals surface area (Å²) in [7, 11) is 4.13. The molecule has 0 amide bonds. The van der Waals surface area contributed by atoms with E-state index in [-0.39, 0.29) is 6.10 Å². The summed E-state index contributed by atoms with van der Waals surface area (Å²) in [6.07, 6.45) is 2.82. The van der Waals surface area contributed by atoms with Crippen LogP contribution in [0.25, 0.3) is 0 Å². The van der Waals surface area contributed by atoms with Crippen molar-refractivity contribution in [1.29, 1.82) is 0 Å². The van der Waals surface area contributed by atoms with Crippen molar-refractivity contribution in [2.45, 2.75) is 38.8 Å². The highest BCUT2D eigenvalue weighted by Gasteiger charge is 2.23. The van der Waals surface area contributed by atoms with Crippen LogP contribution in [0.3, 0.4) is 0 Å². The van der Waals surface area contributed by atoms with Crippen molar-refractivity contribution in [3.8, 4) is 0 Å². The molecular weight excluding hydrogens is 238 g/mol. The molecule has 1 aliphatic rings. The quantitative estimate of drug-likeness (QED) is 0.877. The van der Waals surface area contributed by atoms with Gasteiger partial charge in [0, 0.05) is 25.3 Å². The number of aliphatic hydroxyl groups is 1. The number of rotatable bonds is 5. The van der Waals surface area contributed by atoms with Crippen molar-refractivity contribution in [3.63, 3.8) is 0 Å². The van der Waals surface area contributed by atoms with E-state index in [0.29, 0.717) is 0 Å². The fraction of sp³-hybridized carbons (Fsp3) is 0.667. The van der Waals surface area contributed by atoms with E-state index >= 15 is 0 Å². The average Bonchev–Trinajstić information content (AvgIpc) is 2.76. The molecule has 1 saturated heterocycles. The maximum absolute atomic E-state index is 9.70. The minimum absolute atomic E-state index is 0.192. The summed E-state index contributed by atoms with van der Waals surface area (Å²) >= 11 is 0. The van der Waals surface area contributed by atoms with Crippen LogP contribution in [-0.4, -0.2) is 48.3 Å². The number of aryl methyl sites for hydroxylation is 1. The van der Waals surface area contributed by atoms with Crippen molar-refractivity contribution >= 4 is 5.69 Å². The molecule has 1 atom stereocenters. The van der Waals surface area contributed by atoms with Crippen LogP contribution < -0.4 is 4.90 Å². The standard InChI is InChI=1S/C15H25N3O/c1-4-5-12-6-7-15(14(16-12)11-17(2)3)18-9-8-13(19)10-18/h6-7,13,19H,4-5,8-11H2,1-3H3. The number of nitrogens with zero attached hydrogens (tertiary/aromatic N) is 3. The number of anilines is 1. The molecule has 0 bridgehead atoms. The van der Waals surface area contributed by atoms with Gasteiger partial charge in [0.1, 0.15) is 0 Å². The minimum atomic E-state index is -0.192. The molecule has 2 heterocycles. The lowest BCUT2D eigenvalue weighted by Crippen LogP contribution is -2.24. The molecule has 4 nitrogen and oxygen atoms in total. The maximum atomic E-state index is 9.70. The van der Waals surface area contributed by atoms with E-state index < -0.39 is 0 Å². The highest BCUT2D eigenvalue weighted by molar-refractivity contribution is 5.52. The van der Waals surface area contributed by atoms with Crippen LogP contribution in [-0.2, 0) is 13.0 Å². The Bertz CT molecular complexity index is 420. The predicted molar refractivity (Wildman–Crippen MR) is 78.5 cm³/mol. The van der Waals surface area contributed by atoms with Gasteiger partial charge in [0.15, 0.2) is 0 Å². The van der Waals surface area contributed by atoms with Gasteiger partial charge in [0.05, 0.1) is 17.5 Å². The lowest BCUT2D eigenvalue weighted by atomic mass is 10.2. The van der Waals surface area contributed by atoms with Crippen LogP contribution in [0.4, 0.5) is 5.69 Å². The van der Waals surface area contributed by atoms with Crippen LogP contribution in [0.1, 0.15) is 31.2 Å². The Balaban J connectivity index is 2.25. The molecule has 1 aromatic heterocycles. The molecular formula is C15H25N3O. The number of pyridine rings is 1. The average molecular weight is 263 g/mol. The van der Waals surface area contributed by atoms with Crippen molar-refractivity contribution in [1.82, 2.24) is 9.88 Å². The van der Waals surface area contributed by atoms with Gasteiger partial charge in [-0.25, -0.2) is 0 Å². The highest BCUT2D eigenvalue weighted by atomic mass is 16.3. The first-order valence-corrected chi connectivity index (χ1v) is 7.16. The van der Waals surface area contributed by atoms with Gasteiger partial charge >= 0.3 is 0 Å². The number of aliphatic hydroxyl groups excluding tert-OH is 1. The number of aromatic nitrogens is 1. The van der Waals surface area contributed by atoms with E-state index in [1.165, 1.54) is 11.4 Å². The van der Waals surface area contributed by atoms with E-state index in [4.69, 9.17) is 4.98 Å². The van der Waals surface area contributed by atoms with Crippen LogP contribution in [0, 0.1) is 0 Å². The lowest BCUT2D eigenvalue weighted by molar-refractivity contribution is 0.198. The lowest BCUT2D eigenvalue weighted by Gasteiger charge is -2.23. The predicted octanol–water partition coefficient (Wildman–Crippen LogP) is 1.67. The molecule has 4 heteroatoms. The second kappa shape index (κ2) is 6.35. The third kappa shape index (κ3) is 3.67. The third-order valence-corrected chi connectivity index (χ3v) is 3.48. The molecule has 0 radical (unpaired) electrons.